The summed E-state index contributed by atoms with van der Waals surface area (Å²) >= 11 is 0. The van der Waals surface area contributed by atoms with E-state index in [4.69, 9.17) is 0 Å². The van der Waals surface area contributed by atoms with Crippen molar-refractivity contribution in [2.75, 3.05) is 6.54 Å². The van der Waals surface area contributed by atoms with E-state index >= 15 is 0 Å². The van der Waals surface area contributed by atoms with Gasteiger partial charge in [-0.1, -0.05) is 12.2 Å². The summed E-state index contributed by atoms with van der Waals surface area (Å²) in [7, 11) is 0. The zero-order valence-electron chi connectivity index (χ0n) is 8.46. The van der Waals surface area contributed by atoms with Crippen molar-refractivity contribution in [3.05, 3.63) is 12.2 Å². The van der Waals surface area contributed by atoms with Gasteiger partial charge >= 0.3 is 0 Å². The second-order valence-electron chi connectivity index (χ2n) is 4.20. The van der Waals surface area contributed by atoms with Crippen LogP contribution in [-0.2, 0) is 4.79 Å². The predicted octanol–water partition coefficient (Wildman–Crippen LogP) is 0.963. The third-order valence-electron chi connectivity index (χ3n) is 2.76. The number of amides is 1. The van der Waals surface area contributed by atoms with Gasteiger partial charge in [-0.15, -0.1) is 0 Å². The van der Waals surface area contributed by atoms with E-state index in [1.54, 1.807) is 0 Å². The Hall–Kier alpha value is -0.830. The molecule has 1 fully saturated rings. The summed E-state index contributed by atoms with van der Waals surface area (Å²) < 4.78 is 0. The van der Waals surface area contributed by atoms with Crippen molar-refractivity contribution in [2.45, 2.75) is 44.2 Å². The topological polar surface area (TPSA) is 41.1 Å². The molecule has 2 aliphatic rings. The molecule has 0 aromatic carbocycles. The molecule has 0 aromatic heterocycles. The smallest absolute Gasteiger partial charge is 0.234 e. The summed E-state index contributed by atoms with van der Waals surface area (Å²) in [6.07, 6.45) is 9.99. The summed E-state index contributed by atoms with van der Waals surface area (Å²) in [4.78, 5) is 11.4. The van der Waals surface area contributed by atoms with Crippen LogP contribution in [0.4, 0.5) is 0 Å². The van der Waals surface area contributed by atoms with Crippen molar-refractivity contribution >= 4 is 5.91 Å². The van der Waals surface area contributed by atoms with Crippen molar-refractivity contribution in [3.8, 4) is 0 Å². The normalized spacial score (nSPS) is 26.1. The standard InChI is InChI=1S/C11H18N2O/c14-11(8-12-9-6-7-9)13-10-4-2-1-3-5-10/h1-2,9-10,12H,3-8H2,(H,13,14). The lowest BCUT2D eigenvalue weighted by atomic mass is 10.0. The van der Waals surface area contributed by atoms with E-state index in [1.165, 1.54) is 12.8 Å². The van der Waals surface area contributed by atoms with Crippen LogP contribution in [0.5, 0.6) is 0 Å². The molecule has 1 unspecified atom stereocenters. The van der Waals surface area contributed by atoms with Crippen LogP contribution in [0.25, 0.3) is 0 Å². The van der Waals surface area contributed by atoms with Crippen LogP contribution in [0.1, 0.15) is 32.1 Å². The first-order chi connectivity index (χ1) is 6.84. The van der Waals surface area contributed by atoms with Crippen molar-refractivity contribution in [3.63, 3.8) is 0 Å². The average Bonchev–Trinajstić information content (AvgIpc) is 3.00. The first kappa shape index (κ1) is 9.71. The third kappa shape index (κ3) is 3.14. The minimum absolute atomic E-state index is 0.150. The van der Waals surface area contributed by atoms with Crippen LogP contribution in [0.15, 0.2) is 12.2 Å². The molecule has 0 aliphatic heterocycles. The van der Waals surface area contributed by atoms with Crippen molar-refractivity contribution in [1.29, 1.82) is 0 Å². The first-order valence-corrected chi connectivity index (χ1v) is 5.52. The minimum Gasteiger partial charge on any atom is -0.352 e. The Morgan fingerprint density at radius 1 is 1.21 bits per heavy atom. The number of carbonyl (C=O) groups excluding carboxylic acids is 1. The van der Waals surface area contributed by atoms with Gasteiger partial charge in [-0.2, -0.15) is 0 Å². The summed E-state index contributed by atoms with van der Waals surface area (Å²) in [6.45, 7) is 0.491. The minimum atomic E-state index is 0.150. The summed E-state index contributed by atoms with van der Waals surface area (Å²) in [5.41, 5.74) is 0. The zero-order chi connectivity index (χ0) is 9.80. The fourth-order valence-corrected chi connectivity index (χ4v) is 1.73. The molecule has 0 heterocycles. The molecule has 0 spiro atoms. The van der Waals surface area contributed by atoms with Crippen LogP contribution in [-0.4, -0.2) is 24.5 Å². The van der Waals surface area contributed by atoms with Crippen LogP contribution in [0, 0.1) is 0 Å². The van der Waals surface area contributed by atoms with Gasteiger partial charge in [0.05, 0.1) is 6.54 Å². The molecular formula is C11H18N2O. The highest BCUT2D eigenvalue weighted by molar-refractivity contribution is 5.78. The molecule has 0 saturated heterocycles. The number of nitrogens with one attached hydrogen (secondary N) is 2. The average molecular weight is 194 g/mol. The monoisotopic (exact) mass is 194 g/mol. The lowest BCUT2D eigenvalue weighted by Gasteiger charge is -2.19. The Morgan fingerprint density at radius 3 is 2.71 bits per heavy atom. The third-order valence-corrected chi connectivity index (χ3v) is 2.76. The Morgan fingerprint density at radius 2 is 2.07 bits per heavy atom. The second-order valence-corrected chi connectivity index (χ2v) is 4.20. The Balaban J connectivity index is 1.62. The SMILES string of the molecule is O=C(CNC1CC1)NC1CC=CCC1. The number of hydrogen-bond donors (Lipinski definition) is 2. The fourth-order valence-electron chi connectivity index (χ4n) is 1.73. The second kappa shape index (κ2) is 4.60. The van der Waals surface area contributed by atoms with Crippen LogP contribution in [0.2, 0.25) is 0 Å². The molecule has 14 heavy (non-hydrogen) atoms. The lowest BCUT2D eigenvalue weighted by Crippen LogP contribution is -2.41. The van der Waals surface area contributed by atoms with Gasteiger partial charge in [-0.25, -0.2) is 0 Å². The summed E-state index contributed by atoms with van der Waals surface area (Å²) in [5, 5.41) is 6.27. The van der Waals surface area contributed by atoms with Gasteiger partial charge in [0.25, 0.3) is 0 Å². The van der Waals surface area contributed by atoms with Gasteiger partial charge in [0, 0.05) is 12.1 Å². The van der Waals surface area contributed by atoms with Gasteiger partial charge in [-0.05, 0) is 32.1 Å². The fraction of sp³-hybridized carbons (Fsp3) is 0.727. The summed E-state index contributed by atoms with van der Waals surface area (Å²) in [5.74, 6) is 0.150. The molecule has 2 aliphatic carbocycles. The quantitative estimate of drug-likeness (QED) is 0.655. The van der Waals surface area contributed by atoms with Crippen molar-refractivity contribution in [1.82, 2.24) is 10.6 Å². The highest BCUT2D eigenvalue weighted by Crippen LogP contribution is 2.18. The van der Waals surface area contributed by atoms with Gasteiger partial charge in [-0.3, -0.25) is 4.79 Å². The highest BCUT2D eigenvalue weighted by atomic mass is 16.1. The summed E-state index contributed by atoms with van der Waals surface area (Å²) in [6, 6.07) is 0.987. The lowest BCUT2D eigenvalue weighted by molar-refractivity contribution is -0.121. The van der Waals surface area contributed by atoms with Gasteiger partial charge < -0.3 is 10.6 Å². The largest absolute Gasteiger partial charge is 0.352 e. The molecule has 0 radical (unpaired) electrons. The highest BCUT2D eigenvalue weighted by Gasteiger charge is 2.21. The maximum Gasteiger partial charge on any atom is 0.234 e. The zero-order valence-corrected chi connectivity index (χ0v) is 8.46. The molecule has 78 valence electrons. The molecular weight excluding hydrogens is 176 g/mol. The predicted molar refractivity (Wildman–Crippen MR) is 55.9 cm³/mol. The van der Waals surface area contributed by atoms with E-state index in [0.29, 0.717) is 18.6 Å². The maximum atomic E-state index is 11.4. The van der Waals surface area contributed by atoms with Crippen LogP contribution in [0.3, 0.4) is 0 Å². The Bertz CT molecular complexity index is 233. The molecule has 1 atom stereocenters. The van der Waals surface area contributed by atoms with E-state index < -0.39 is 0 Å². The van der Waals surface area contributed by atoms with E-state index in [0.717, 1.165) is 19.3 Å². The van der Waals surface area contributed by atoms with Crippen molar-refractivity contribution < 1.29 is 4.79 Å². The van der Waals surface area contributed by atoms with Gasteiger partial charge in [0.2, 0.25) is 5.91 Å². The van der Waals surface area contributed by atoms with Gasteiger partial charge in [0.1, 0.15) is 0 Å². The number of hydrogen-bond acceptors (Lipinski definition) is 2. The van der Waals surface area contributed by atoms with E-state index in [9.17, 15) is 4.79 Å². The van der Waals surface area contributed by atoms with Crippen molar-refractivity contribution in [2.24, 2.45) is 0 Å². The number of allylic oxidation sites excluding steroid dienone is 1. The van der Waals surface area contributed by atoms with E-state index in [-0.39, 0.29) is 5.91 Å². The Kier molecular flexibility index (Phi) is 3.19. The number of rotatable bonds is 4. The van der Waals surface area contributed by atoms with Crippen LogP contribution >= 0.6 is 0 Å². The molecule has 3 heteroatoms. The molecule has 2 N–H and O–H groups in total. The van der Waals surface area contributed by atoms with Gasteiger partial charge in [0.15, 0.2) is 0 Å². The molecule has 0 bridgehead atoms. The molecule has 3 nitrogen and oxygen atoms in total. The molecule has 2 rings (SSSR count). The number of carbonyl (C=O) groups is 1. The first-order valence-electron chi connectivity index (χ1n) is 5.52. The molecule has 0 aromatic rings. The molecule has 1 saturated carbocycles. The van der Waals surface area contributed by atoms with E-state index in [2.05, 4.69) is 22.8 Å². The molecule has 1 amide bonds. The Labute approximate surface area is 84.9 Å². The van der Waals surface area contributed by atoms with Crippen LogP contribution < -0.4 is 10.6 Å². The van der Waals surface area contributed by atoms with E-state index in [1.807, 2.05) is 0 Å². The maximum absolute atomic E-state index is 11.4.